The molecule has 2 aromatic rings. The highest BCUT2D eigenvalue weighted by Gasteiger charge is 2.32. The molecular weight excluding hydrogens is 556 g/mol. The SMILES string of the molecule is Cc1noc(C)c1NC(=O)N(C)C[C@H]1Oc2ccc(NC(=O)CCN3CCOCC3)cc2CC(=O)N([C@@H](C)CO)C[C@H]1C. The topological polar surface area (TPSA) is 150 Å². The number of aliphatic hydroxyl groups excluding tert-OH is 1. The van der Waals surface area contributed by atoms with E-state index in [-0.39, 0.29) is 43.3 Å². The molecule has 13 heteroatoms. The number of hydrogen-bond acceptors (Lipinski definition) is 9. The fourth-order valence-electron chi connectivity index (χ4n) is 5.25. The number of amides is 4. The molecule has 1 saturated heterocycles. The monoisotopic (exact) mass is 600 g/mol. The summed E-state index contributed by atoms with van der Waals surface area (Å²) in [6.45, 7) is 11.2. The molecule has 1 fully saturated rings. The van der Waals surface area contributed by atoms with E-state index in [1.54, 1.807) is 50.9 Å². The molecule has 0 bridgehead atoms. The van der Waals surface area contributed by atoms with Gasteiger partial charge in [-0.3, -0.25) is 14.5 Å². The molecule has 43 heavy (non-hydrogen) atoms. The predicted octanol–water partition coefficient (Wildman–Crippen LogP) is 2.27. The van der Waals surface area contributed by atoms with Crippen molar-refractivity contribution >= 4 is 29.2 Å². The van der Waals surface area contributed by atoms with Crippen LogP contribution in [0.2, 0.25) is 0 Å². The van der Waals surface area contributed by atoms with Gasteiger partial charge in [-0.25, -0.2) is 4.79 Å². The first-order valence-corrected chi connectivity index (χ1v) is 14.8. The van der Waals surface area contributed by atoms with Crippen LogP contribution in [-0.2, 0) is 20.7 Å². The van der Waals surface area contributed by atoms with E-state index in [0.717, 1.165) is 13.1 Å². The van der Waals surface area contributed by atoms with Crippen LogP contribution in [0.25, 0.3) is 0 Å². The molecule has 3 atom stereocenters. The van der Waals surface area contributed by atoms with E-state index in [4.69, 9.17) is 14.0 Å². The van der Waals surface area contributed by atoms with Gasteiger partial charge >= 0.3 is 6.03 Å². The highest BCUT2D eigenvalue weighted by atomic mass is 16.5. The zero-order chi connectivity index (χ0) is 31.1. The minimum Gasteiger partial charge on any atom is -0.488 e. The molecule has 0 spiro atoms. The second-order valence-electron chi connectivity index (χ2n) is 11.5. The lowest BCUT2D eigenvalue weighted by Crippen LogP contribution is -2.48. The lowest BCUT2D eigenvalue weighted by molar-refractivity contribution is -0.134. The van der Waals surface area contributed by atoms with Crippen LogP contribution in [0.1, 0.15) is 37.3 Å². The van der Waals surface area contributed by atoms with E-state index in [1.807, 2.05) is 6.92 Å². The third-order valence-electron chi connectivity index (χ3n) is 8.02. The van der Waals surface area contributed by atoms with Gasteiger partial charge in [0.2, 0.25) is 11.8 Å². The first kappa shape index (κ1) is 32.2. The Hall–Kier alpha value is -3.68. The van der Waals surface area contributed by atoms with E-state index >= 15 is 0 Å². The molecule has 4 amide bonds. The maximum Gasteiger partial charge on any atom is 0.321 e. The first-order valence-electron chi connectivity index (χ1n) is 14.8. The van der Waals surface area contributed by atoms with Crippen LogP contribution in [-0.4, -0.2) is 115 Å². The number of aliphatic hydroxyl groups is 1. The molecule has 4 rings (SSSR count). The summed E-state index contributed by atoms with van der Waals surface area (Å²) in [4.78, 5) is 44.7. The van der Waals surface area contributed by atoms with Crippen molar-refractivity contribution < 1.29 is 33.5 Å². The zero-order valence-corrected chi connectivity index (χ0v) is 25.7. The largest absolute Gasteiger partial charge is 0.488 e. The second kappa shape index (κ2) is 14.7. The number of benzene rings is 1. The van der Waals surface area contributed by atoms with E-state index in [9.17, 15) is 19.5 Å². The summed E-state index contributed by atoms with van der Waals surface area (Å²) in [6.07, 6.45) is -0.0951. The molecule has 1 aromatic carbocycles. The Labute approximate surface area is 252 Å². The van der Waals surface area contributed by atoms with Gasteiger partial charge in [0.05, 0.1) is 38.8 Å². The molecule has 1 aromatic heterocycles. The Bertz CT molecular complexity index is 1260. The van der Waals surface area contributed by atoms with Crippen LogP contribution in [0, 0.1) is 19.8 Å². The quantitative estimate of drug-likeness (QED) is 0.394. The zero-order valence-electron chi connectivity index (χ0n) is 25.7. The van der Waals surface area contributed by atoms with Crippen molar-refractivity contribution in [2.24, 2.45) is 5.92 Å². The van der Waals surface area contributed by atoms with Crippen LogP contribution in [0.15, 0.2) is 22.7 Å². The average molecular weight is 601 g/mol. The Kier molecular flexibility index (Phi) is 11.0. The number of aromatic nitrogens is 1. The fourth-order valence-corrected chi connectivity index (χ4v) is 5.25. The number of ether oxygens (including phenoxy) is 2. The average Bonchev–Trinajstić information content (AvgIpc) is 3.32. The molecule has 0 aliphatic carbocycles. The number of morpholine rings is 1. The molecular formula is C30H44N6O7. The summed E-state index contributed by atoms with van der Waals surface area (Å²) in [5.74, 6) is 0.567. The summed E-state index contributed by atoms with van der Waals surface area (Å²) in [7, 11) is 1.67. The summed E-state index contributed by atoms with van der Waals surface area (Å²) >= 11 is 0. The van der Waals surface area contributed by atoms with E-state index in [2.05, 4.69) is 20.7 Å². The molecule has 236 valence electrons. The van der Waals surface area contributed by atoms with Gasteiger partial charge in [0, 0.05) is 56.8 Å². The number of nitrogens with one attached hydrogen (secondary N) is 2. The minimum atomic E-state index is -0.479. The third-order valence-corrected chi connectivity index (χ3v) is 8.02. The minimum absolute atomic E-state index is 0.0406. The van der Waals surface area contributed by atoms with Crippen LogP contribution in [0.5, 0.6) is 5.75 Å². The van der Waals surface area contributed by atoms with Gasteiger partial charge in [0.15, 0.2) is 5.76 Å². The van der Waals surface area contributed by atoms with Crippen molar-refractivity contribution in [3.63, 3.8) is 0 Å². The molecule has 2 aliphatic rings. The van der Waals surface area contributed by atoms with Gasteiger partial charge in [-0.05, 0) is 39.0 Å². The highest BCUT2D eigenvalue weighted by molar-refractivity contribution is 5.91. The lowest BCUT2D eigenvalue weighted by atomic mass is 10.0. The molecule has 0 saturated carbocycles. The Morgan fingerprint density at radius 2 is 1.95 bits per heavy atom. The van der Waals surface area contributed by atoms with Crippen LogP contribution >= 0.6 is 0 Å². The number of fused-ring (bicyclic) bond motifs is 1. The summed E-state index contributed by atoms with van der Waals surface area (Å²) in [5, 5.41) is 19.6. The van der Waals surface area contributed by atoms with Crippen LogP contribution in [0.4, 0.5) is 16.2 Å². The van der Waals surface area contributed by atoms with Crippen molar-refractivity contribution in [2.45, 2.75) is 52.7 Å². The number of rotatable bonds is 9. The Balaban J connectivity index is 1.51. The van der Waals surface area contributed by atoms with E-state index < -0.39 is 12.1 Å². The summed E-state index contributed by atoms with van der Waals surface area (Å²) in [6, 6.07) is 4.53. The smallest absolute Gasteiger partial charge is 0.321 e. The van der Waals surface area contributed by atoms with Gasteiger partial charge in [-0.1, -0.05) is 12.1 Å². The molecule has 13 nitrogen and oxygen atoms in total. The normalized spacial score (nSPS) is 20.2. The van der Waals surface area contributed by atoms with Crippen molar-refractivity contribution in [3.05, 3.63) is 35.2 Å². The molecule has 0 unspecified atom stereocenters. The molecule has 3 heterocycles. The van der Waals surface area contributed by atoms with Crippen molar-refractivity contribution in [2.75, 3.05) is 70.2 Å². The van der Waals surface area contributed by atoms with E-state index in [0.29, 0.717) is 66.9 Å². The number of carbonyl (C=O) groups is 3. The fraction of sp³-hybridized carbons (Fsp3) is 0.600. The van der Waals surface area contributed by atoms with Crippen molar-refractivity contribution in [1.82, 2.24) is 19.9 Å². The maximum atomic E-state index is 13.5. The molecule has 3 N–H and O–H groups in total. The maximum absolute atomic E-state index is 13.5. The summed E-state index contributed by atoms with van der Waals surface area (Å²) in [5.41, 5.74) is 2.30. The van der Waals surface area contributed by atoms with Crippen molar-refractivity contribution in [3.8, 4) is 5.75 Å². The number of carbonyl (C=O) groups excluding carboxylic acids is 3. The number of likely N-dealkylation sites (N-methyl/N-ethyl adjacent to an activating group) is 1. The molecule has 0 radical (unpaired) electrons. The highest BCUT2D eigenvalue weighted by Crippen LogP contribution is 2.29. The summed E-state index contributed by atoms with van der Waals surface area (Å²) < 4.78 is 17.0. The standard InChI is InChI=1S/C30H44N6O7/c1-19-16-36(20(2)18-37)28(39)15-23-14-24(31-27(38)8-9-35-10-12-41-13-11-35)6-7-25(23)42-26(19)17-34(5)30(40)32-29-21(3)33-43-22(29)4/h6-7,14,19-20,26,37H,8-13,15-18H2,1-5H3,(H,31,38)(H,32,40)/t19-,20+,26-/m1/s1. The number of hydrogen-bond donors (Lipinski definition) is 3. The van der Waals surface area contributed by atoms with Gasteiger partial charge in [0.25, 0.3) is 0 Å². The van der Waals surface area contributed by atoms with Crippen molar-refractivity contribution in [1.29, 1.82) is 0 Å². The predicted molar refractivity (Wildman–Crippen MR) is 160 cm³/mol. The third kappa shape index (κ3) is 8.46. The van der Waals surface area contributed by atoms with E-state index in [1.165, 1.54) is 4.90 Å². The molecule has 2 aliphatic heterocycles. The van der Waals surface area contributed by atoms with Gasteiger partial charge in [0.1, 0.15) is 23.2 Å². The first-order chi connectivity index (χ1) is 20.5. The van der Waals surface area contributed by atoms with Gasteiger partial charge in [-0.2, -0.15) is 0 Å². The number of anilines is 2. The number of aryl methyl sites for hydroxylation is 2. The van der Waals surface area contributed by atoms with Crippen LogP contribution < -0.4 is 15.4 Å². The number of urea groups is 1. The van der Waals surface area contributed by atoms with Gasteiger partial charge < -0.3 is 39.5 Å². The lowest BCUT2D eigenvalue weighted by Gasteiger charge is -2.34. The Morgan fingerprint density at radius 1 is 1.21 bits per heavy atom. The second-order valence-corrected chi connectivity index (χ2v) is 11.5. The van der Waals surface area contributed by atoms with Crippen LogP contribution in [0.3, 0.4) is 0 Å². The van der Waals surface area contributed by atoms with Gasteiger partial charge in [-0.15, -0.1) is 0 Å². The number of nitrogens with zero attached hydrogens (tertiary/aromatic N) is 4. The Morgan fingerprint density at radius 3 is 2.63 bits per heavy atom.